The quantitative estimate of drug-likeness (QED) is 0.199. The molecule has 334 valence electrons. The molecular formula is C42H62FN5O11S. The van der Waals surface area contributed by atoms with Crippen molar-refractivity contribution in [2.75, 3.05) is 33.0 Å². The van der Waals surface area contributed by atoms with Crippen LogP contribution in [0.1, 0.15) is 87.1 Å². The molecular weight excluding hydrogens is 802 g/mol. The minimum atomic E-state index is -1.90. The van der Waals surface area contributed by atoms with Gasteiger partial charge in [0, 0.05) is 30.5 Å². The molecule has 0 saturated carbocycles. The number of hydrogen-bond donors (Lipinski definition) is 3. The summed E-state index contributed by atoms with van der Waals surface area (Å²) in [5.41, 5.74) is 3.67. The molecule has 0 unspecified atom stereocenters. The van der Waals surface area contributed by atoms with E-state index in [1.807, 2.05) is 32.8 Å². The van der Waals surface area contributed by atoms with E-state index in [-0.39, 0.29) is 61.2 Å². The van der Waals surface area contributed by atoms with Crippen LogP contribution in [0.5, 0.6) is 0 Å². The van der Waals surface area contributed by atoms with Gasteiger partial charge in [0.05, 0.1) is 41.8 Å². The molecule has 1 amide bonds. The maximum absolute atomic E-state index is 14.9. The number of benzene rings is 1. The number of fused-ring (bicyclic) bond motifs is 6. The molecule has 16 nitrogen and oxygen atoms in total. The van der Waals surface area contributed by atoms with Crippen LogP contribution in [0.2, 0.25) is 0 Å². The molecule has 13 atom stereocenters. The summed E-state index contributed by atoms with van der Waals surface area (Å²) < 4.78 is 47.8. The number of oxime groups is 1. The van der Waals surface area contributed by atoms with Gasteiger partial charge in [-0.1, -0.05) is 44.2 Å². The van der Waals surface area contributed by atoms with Gasteiger partial charge in [-0.3, -0.25) is 14.4 Å². The standard InChI is InChI=1S/C42H62FN5O11S/c1-12-31-42(9,53)37-22(4)32(45-25(7)49)20(2)16-41(8,55-19-27(18-54-37)47-56-17-26-14-28(43)33-30(15-26)60-40(44)46-33)36(23(5)34(50)24(6)38(52)58-31)59-39-35(51)29(48(10)11)13-21(3)57-39/h14-15,20-24,29,31,35-37,39,51,53H,12-13,16-19H2,1-11H3,(H2,44,46)/b45-32?,47-27+/t20-,21-,22+,23+,24-,29+,31-,35-,36-,37+,39+,41-,42-/m1/s1. The first kappa shape index (κ1) is 47.6. The first-order chi connectivity index (χ1) is 28.1. The van der Waals surface area contributed by atoms with E-state index in [9.17, 15) is 29.0 Å². The van der Waals surface area contributed by atoms with Crippen molar-refractivity contribution >= 4 is 55.8 Å². The number of carbonyl (C=O) groups excluding carboxylic acids is 3. The van der Waals surface area contributed by atoms with Gasteiger partial charge in [-0.15, -0.1) is 0 Å². The SMILES string of the molecule is CC[C@H]1OC(=O)[C@H](C)C(=O)[C@H](C)[C@@H](O[C@@H]2O[C@H](C)C[C@H](N(C)C)[C@H]2O)[C@@]2(C)C[C@@H](C)C(=NC(C)=O)[C@H](C)[C@H](OC/C(=N\OCc3cc(F)c4nc(N)sc4c3)CO2)[C@]1(C)O. The summed E-state index contributed by atoms with van der Waals surface area (Å²) in [7, 11) is 3.70. The number of anilines is 1. The first-order valence-electron chi connectivity index (χ1n) is 20.6. The number of aliphatic imine (C=N–C) groups is 1. The summed E-state index contributed by atoms with van der Waals surface area (Å²) in [6.45, 7) is 14.2. The number of halogens is 1. The third-order valence-corrected chi connectivity index (χ3v) is 12.9. The normalized spacial score (nSPS) is 37.8. The number of hydrogen-bond acceptors (Lipinski definition) is 16. The van der Waals surface area contributed by atoms with Crippen molar-refractivity contribution in [1.29, 1.82) is 0 Å². The number of nitrogens with two attached hydrogens (primary N) is 1. The summed E-state index contributed by atoms with van der Waals surface area (Å²) in [4.78, 5) is 57.4. The highest BCUT2D eigenvalue weighted by Gasteiger charge is 2.53. The van der Waals surface area contributed by atoms with Crippen LogP contribution in [0, 0.1) is 29.5 Å². The Hall–Kier alpha value is -3.49. The maximum atomic E-state index is 14.9. The molecule has 1 aromatic heterocycles. The lowest BCUT2D eigenvalue weighted by molar-refractivity contribution is -0.296. The number of aliphatic hydroxyl groups excluding tert-OH is 1. The summed E-state index contributed by atoms with van der Waals surface area (Å²) in [6, 6.07) is 2.64. The van der Waals surface area contributed by atoms with Crippen molar-refractivity contribution in [3.8, 4) is 0 Å². The molecule has 0 radical (unpaired) electrons. The summed E-state index contributed by atoms with van der Waals surface area (Å²) in [6.07, 6.45) is -5.43. The molecule has 18 heteroatoms. The number of amides is 1. The first-order valence-corrected chi connectivity index (χ1v) is 21.4. The highest BCUT2D eigenvalue weighted by atomic mass is 32.1. The number of esters is 1. The van der Waals surface area contributed by atoms with E-state index >= 15 is 0 Å². The van der Waals surface area contributed by atoms with E-state index in [4.69, 9.17) is 34.3 Å². The van der Waals surface area contributed by atoms with E-state index in [1.54, 1.807) is 33.8 Å². The maximum Gasteiger partial charge on any atom is 0.316 e. The molecule has 60 heavy (non-hydrogen) atoms. The number of nitrogen functional groups attached to an aromatic ring is 1. The van der Waals surface area contributed by atoms with Gasteiger partial charge >= 0.3 is 5.97 Å². The van der Waals surface area contributed by atoms with Crippen molar-refractivity contribution in [3.63, 3.8) is 0 Å². The van der Waals surface area contributed by atoms with Crippen molar-refractivity contribution in [3.05, 3.63) is 23.5 Å². The predicted molar refractivity (Wildman–Crippen MR) is 223 cm³/mol. The van der Waals surface area contributed by atoms with Crippen molar-refractivity contribution in [2.45, 2.75) is 142 Å². The Kier molecular flexibility index (Phi) is 15.3. The average Bonchev–Trinajstić information content (AvgIpc) is 3.55. The largest absolute Gasteiger partial charge is 0.459 e. The number of likely N-dealkylation sites (N-methyl/N-ethyl adjacent to an activating group) is 1. The third-order valence-electron chi connectivity index (χ3n) is 12.1. The van der Waals surface area contributed by atoms with Gasteiger partial charge in [0.1, 0.15) is 41.6 Å². The lowest BCUT2D eigenvalue weighted by atomic mass is 9.73. The fourth-order valence-corrected chi connectivity index (χ4v) is 9.76. The number of cyclic esters (lactones) is 1. The summed E-state index contributed by atoms with van der Waals surface area (Å²) >= 11 is 1.14. The predicted octanol–water partition coefficient (Wildman–Crippen LogP) is 4.45. The summed E-state index contributed by atoms with van der Waals surface area (Å²) in [5, 5.41) is 28.7. The molecule has 3 saturated heterocycles. The van der Waals surface area contributed by atoms with Crippen LogP contribution in [0.4, 0.5) is 9.52 Å². The molecule has 5 rings (SSSR count). The van der Waals surface area contributed by atoms with Crippen LogP contribution in [-0.2, 0) is 49.5 Å². The Morgan fingerprint density at radius 2 is 1.83 bits per heavy atom. The molecule has 3 aliphatic heterocycles. The minimum Gasteiger partial charge on any atom is -0.459 e. The molecule has 4 N–H and O–H groups in total. The Morgan fingerprint density at radius 3 is 2.48 bits per heavy atom. The van der Waals surface area contributed by atoms with Gasteiger partial charge in [0.25, 0.3) is 0 Å². The number of rotatable bonds is 7. The van der Waals surface area contributed by atoms with Crippen molar-refractivity contribution in [2.24, 2.45) is 33.8 Å². The lowest BCUT2D eigenvalue weighted by Crippen LogP contribution is -2.60. The number of ketones is 1. The van der Waals surface area contributed by atoms with Gasteiger partial charge in [-0.2, -0.15) is 0 Å². The van der Waals surface area contributed by atoms with E-state index in [2.05, 4.69) is 15.1 Å². The van der Waals surface area contributed by atoms with Crippen LogP contribution in [0.15, 0.2) is 22.3 Å². The van der Waals surface area contributed by atoms with Crippen LogP contribution < -0.4 is 5.73 Å². The number of Topliss-reactive ketones (excluding diaryl/α,β-unsaturated/α-hetero) is 1. The van der Waals surface area contributed by atoms with E-state index in [1.165, 1.54) is 26.8 Å². The van der Waals surface area contributed by atoms with Gasteiger partial charge < -0.3 is 49.4 Å². The van der Waals surface area contributed by atoms with Crippen molar-refractivity contribution in [1.82, 2.24) is 9.88 Å². The fourth-order valence-electron chi connectivity index (χ4n) is 8.95. The zero-order valence-corrected chi connectivity index (χ0v) is 37.3. The van der Waals surface area contributed by atoms with Gasteiger partial charge in [-0.05, 0) is 84.7 Å². The lowest BCUT2D eigenvalue weighted by Gasteiger charge is -2.47. The van der Waals surface area contributed by atoms with Gasteiger partial charge in [0.2, 0.25) is 5.91 Å². The van der Waals surface area contributed by atoms with E-state index in [0.717, 1.165) is 11.3 Å². The highest BCUT2D eigenvalue weighted by Crippen LogP contribution is 2.40. The van der Waals surface area contributed by atoms with Crippen LogP contribution >= 0.6 is 11.3 Å². The number of carbonyl (C=O) groups is 3. The number of aliphatic hydroxyl groups is 2. The molecule has 3 fully saturated rings. The van der Waals surface area contributed by atoms with E-state index < -0.39 is 89.1 Å². The fraction of sp³-hybridized carbons (Fsp3) is 0.714. The molecule has 0 aliphatic carbocycles. The minimum absolute atomic E-state index is 0.0948. The zero-order valence-electron chi connectivity index (χ0n) is 36.5. The second kappa shape index (κ2) is 19.3. The Morgan fingerprint density at radius 1 is 1.13 bits per heavy atom. The van der Waals surface area contributed by atoms with Gasteiger partial charge in [-0.25, -0.2) is 14.4 Å². The van der Waals surface area contributed by atoms with E-state index in [0.29, 0.717) is 22.4 Å². The molecule has 2 bridgehead atoms. The van der Waals surface area contributed by atoms with Gasteiger partial charge in [0.15, 0.2) is 23.0 Å². The molecule has 3 aliphatic rings. The number of nitrogens with zero attached hydrogens (tertiary/aromatic N) is 4. The molecule has 2 aromatic rings. The number of aromatic nitrogens is 1. The monoisotopic (exact) mass is 863 g/mol. The van der Waals surface area contributed by atoms with Crippen LogP contribution in [0.25, 0.3) is 10.2 Å². The smallest absolute Gasteiger partial charge is 0.316 e. The second-order valence-electron chi connectivity index (χ2n) is 17.3. The molecule has 4 heterocycles. The van der Waals surface area contributed by atoms with Crippen LogP contribution in [0.3, 0.4) is 0 Å². The Bertz CT molecular complexity index is 1940. The highest BCUT2D eigenvalue weighted by molar-refractivity contribution is 7.22. The second-order valence-corrected chi connectivity index (χ2v) is 18.4. The van der Waals surface area contributed by atoms with Crippen LogP contribution in [-0.4, -0.2) is 131 Å². The number of ether oxygens (including phenoxy) is 5. The molecule has 0 spiro atoms. The average molecular weight is 864 g/mol. The Labute approximate surface area is 354 Å². The topological polar surface area (TPSA) is 214 Å². The number of thiazole rings is 1. The third kappa shape index (κ3) is 10.4. The Balaban J connectivity index is 1.67. The molecule has 1 aromatic carbocycles. The van der Waals surface area contributed by atoms with Crippen molar-refractivity contribution < 1.29 is 57.5 Å². The zero-order chi connectivity index (χ0) is 44.4. The summed E-state index contributed by atoms with van der Waals surface area (Å²) in [5.74, 6) is -6.12.